The van der Waals surface area contributed by atoms with Gasteiger partial charge in [-0.05, 0) is 37.7 Å². The Morgan fingerprint density at radius 2 is 1.96 bits per heavy atom. The summed E-state index contributed by atoms with van der Waals surface area (Å²) in [7, 11) is 0. The van der Waals surface area contributed by atoms with E-state index >= 15 is 0 Å². The predicted octanol–water partition coefficient (Wildman–Crippen LogP) is 3.98. The van der Waals surface area contributed by atoms with Crippen LogP contribution in [0.2, 0.25) is 0 Å². The molecule has 4 nitrogen and oxygen atoms in total. The summed E-state index contributed by atoms with van der Waals surface area (Å²) in [5.74, 6) is -2.22. The molecule has 0 amide bonds. The first-order valence-electron chi connectivity index (χ1n) is 8.33. The van der Waals surface area contributed by atoms with Crippen LogP contribution in [0.4, 0.5) is 13.2 Å². The van der Waals surface area contributed by atoms with E-state index in [1.165, 1.54) is 0 Å². The Morgan fingerprint density at radius 3 is 2.62 bits per heavy atom. The van der Waals surface area contributed by atoms with E-state index in [1.54, 1.807) is 6.92 Å². The number of fused-ring (bicyclic) bond motifs is 2. The molecule has 4 aliphatic heterocycles. The highest BCUT2D eigenvalue weighted by atomic mass is 32.1. The average molecular weight is 366 g/mol. The molecule has 1 spiro atoms. The normalized spacial score (nSPS) is 47.9. The molecule has 4 fully saturated rings. The first kappa shape index (κ1) is 17.0. The van der Waals surface area contributed by atoms with Crippen LogP contribution in [-0.4, -0.2) is 29.6 Å². The fraction of sp³-hybridized carbons (Fsp3) is 0.875. The molecule has 0 N–H and O–H groups in total. The number of halogens is 3. The van der Waals surface area contributed by atoms with Crippen molar-refractivity contribution < 1.29 is 32.4 Å². The number of allylic oxidation sites excluding steroid dienone is 1. The van der Waals surface area contributed by atoms with Crippen LogP contribution in [0.15, 0.2) is 11.3 Å². The zero-order chi connectivity index (χ0) is 17.3. The minimum absolute atomic E-state index is 0.0234. The first-order valence-corrected chi connectivity index (χ1v) is 8.97. The summed E-state index contributed by atoms with van der Waals surface area (Å²) in [5.41, 5.74) is -0.878. The molecular formula is C16H21F3O4S. The van der Waals surface area contributed by atoms with Gasteiger partial charge in [0.2, 0.25) is 17.8 Å². The van der Waals surface area contributed by atoms with Gasteiger partial charge >= 0.3 is 6.18 Å². The van der Waals surface area contributed by atoms with Gasteiger partial charge in [0.15, 0.2) is 5.60 Å². The fourth-order valence-electron chi connectivity index (χ4n) is 4.92. The smallest absolute Gasteiger partial charge is 0.449 e. The summed E-state index contributed by atoms with van der Waals surface area (Å²) in [4.78, 5) is 11.4. The van der Waals surface area contributed by atoms with Gasteiger partial charge in [0.05, 0.1) is 0 Å². The van der Waals surface area contributed by atoms with Crippen molar-refractivity contribution in [1.29, 1.82) is 0 Å². The van der Waals surface area contributed by atoms with Crippen LogP contribution in [0.1, 0.15) is 39.5 Å². The van der Waals surface area contributed by atoms with Gasteiger partial charge in [-0.1, -0.05) is 6.92 Å². The van der Waals surface area contributed by atoms with Crippen molar-refractivity contribution in [2.75, 3.05) is 5.75 Å². The Hall–Kier alpha value is -0.440. The van der Waals surface area contributed by atoms with Crippen LogP contribution >= 0.6 is 12.6 Å². The van der Waals surface area contributed by atoms with E-state index in [-0.39, 0.29) is 17.2 Å². The number of rotatable bonds is 1. The number of hydrogen-bond acceptors (Lipinski definition) is 5. The molecule has 24 heavy (non-hydrogen) atoms. The van der Waals surface area contributed by atoms with Gasteiger partial charge in [-0.15, -0.1) is 0 Å². The Labute approximate surface area is 144 Å². The summed E-state index contributed by atoms with van der Waals surface area (Å²) < 4.78 is 51.9. The third-order valence-corrected chi connectivity index (χ3v) is 6.42. The van der Waals surface area contributed by atoms with Crippen LogP contribution in [-0.2, 0) is 19.2 Å². The molecule has 5 rings (SSSR count). The highest BCUT2D eigenvalue weighted by Gasteiger charge is 2.69. The van der Waals surface area contributed by atoms with Gasteiger partial charge < -0.3 is 9.47 Å². The van der Waals surface area contributed by atoms with E-state index in [1.807, 2.05) is 0 Å². The van der Waals surface area contributed by atoms with Crippen LogP contribution in [0.3, 0.4) is 0 Å². The zero-order valence-corrected chi connectivity index (χ0v) is 14.5. The van der Waals surface area contributed by atoms with E-state index < -0.39 is 35.5 Å². The standard InChI is InChI=1S/C16H21F3O4S/c1-8-3-4-11-9(7-24)12(16(17,18)19)20-13-15(11)10(8)5-6-14(2,21-13)22-23-15/h8,10-11,13,24H,3-7H2,1-2H3/t8-,10?,11+,13-,14?,15-/m1/s1. The maximum atomic E-state index is 13.5. The van der Waals surface area contributed by atoms with E-state index in [0.717, 1.165) is 12.8 Å². The first-order chi connectivity index (χ1) is 11.2. The van der Waals surface area contributed by atoms with Gasteiger partial charge in [0.25, 0.3) is 0 Å². The van der Waals surface area contributed by atoms with E-state index in [4.69, 9.17) is 19.2 Å². The van der Waals surface area contributed by atoms with Crippen molar-refractivity contribution in [3.63, 3.8) is 0 Å². The lowest BCUT2D eigenvalue weighted by molar-refractivity contribution is -0.557. The molecule has 2 unspecified atom stereocenters. The quantitative estimate of drug-likeness (QED) is 0.563. The summed E-state index contributed by atoms with van der Waals surface area (Å²) in [5, 5.41) is 0. The highest BCUT2D eigenvalue weighted by molar-refractivity contribution is 7.80. The second kappa shape index (κ2) is 5.28. The molecule has 1 saturated carbocycles. The highest BCUT2D eigenvalue weighted by Crippen LogP contribution is 2.61. The van der Waals surface area contributed by atoms with Gasteiger partial charge in [-0.25, -0.2) is 9.78 Å². The predicted molar refractivity (Wildman–Crippen MR) is 80.8 cm³/mol. The summed E-state index contributed by atoms with van der Waals surface area (Å²) in [6.45, 7) is 3.80. The summed E-state index contributed by atoms with van der Waals surface area (Å²) >= 11 is 4.16. The molecule has 3 saturated heterocycles. The molecule has 5 aliphatic rings. The van der Waals surface area contributed by atoms with Crippen LogP contribution < -0.4 is 0 Å². The molecule has 4 heterocycles. The molecule has 2 bridgehead atoms. The number of alkyl halides is 3. The van der Waals surface area contributed by atoms with Crippen molar-refractivity contribution in [1.82, 2.24) is 0 Å². The molecule has 136 valence electrons. The summed E-state index contributed by atoms with van der Waals surface area (Å²) in [6, 6.07) is 0. The van der Waals surface area contributed by atoms with Crippen molar-refractivity contribution in [2.45, 2.75) is 63.4 Å². The zero-order valence-electron chi connectivity index (χ0n) is 13.6. The second-order valence-electron chi connectivity index (χ2n) is 7.48. The Balaban J connectivity index is 1.88. The molecule has 0 aromatic carbocycles. The third-order valence-electron chi connectivity index (χ3n) is 6.08. The molecule has 8 heteroatoms. The molecule has 1 aliphatic carbocycles. The molecular weight excluding hydrogens is 345 g/mol. The Bertz CT molecular complexity index is 580. The molecule has 0 aromatic heterocycles. The minimum atomic E-state index is -4.57. The number of thiol groups is 1. The van der Waals surface area contributed by atoms with Crippen LogP contribution in [0, 0.1) is 17.8 Å². The monoisotopic (exact) mass is 366 g/mol. The molecule has 0 radical (unpaired) electrons. The maximum Gasteiger partial charge on any atom is 0.449 e. The fourth-order valence-corrected chi connectivity index (χ4v) is 5.28. The third kappa shape index (κ3) is 2.19. The van der Waals surface area contributed by atoms with Gasteiger partial charge in [-0.3, -0.25) is 0 Å². The lowest BCUT2D eigenvalue weighted by atomic mass is 9.59. The number of hydrogen-bond donors (Lipinski definition) is 1. The van der Waals surface area contributed by atoms with Crippen LogP contribution in [0.5, 0.6) is 0 Å². The second-order valence-corrected chi connectivity index (χ2v) is 7.80. The van der Waals surface area contributed by atoms with E-state index in [2.05, 4.69) is 19.6 Å². The van der Waals surface area contributed by atoms with Crippen molar-refractivity contribution in [3.05, 3.63) is 11.3 Å². The largest absolute Gasteiger partial charge is 0.456 e. The minimum Gasteiger partial charge on any atom is -0.456 e. The van der Waals surface area contributed by atoms with Crippen molar-refractivity contribution in [3.8, 4) is 0 Å². The molecule has 6 atom stereocenters. The lowest BCUT2D eigenvalue weighted by Gasteiger charge is -2.57. The van der Waals surface area contributed by atoms with Crippen molar-refractivity contribution in [2.24, 2.45) is 17.8 Å². The van der Waals surface area contributed by atoms with Gasteiger partial charge in [0.1, 0.15) is 0 Å². The summed E-state index contributed by atoms with van der Waals surface area (Å²) in [6.07, 6.45) is -2.93. The lowest BCUT2D eigenvalue weighted by Crippen LogP contribution is -2.67. The Morgan fingerprint density at radius 1 is 1.21 bits per heavy atom. The average Bonchev–Trinajstić information content (AvgIpc) is 2.74. The molecule has 0 aromatic rings. The van der Waals surface area contributed by atoms with Gasteiger partial charge in [-0.2, -0.15) is 25.8 Å². The number of ether oxygens (including phenoxy) is 2. The SMILES string of the molecule is C[C@@H]1CC[C@H]2C(CS)=C(C(F)(F)F)O[C@@H]3OC4(C)CCC1[C@]32OO4. The maximum absolute atomic E-state index is 13.5. The van der Waals surface area contributed by atoms with E-state index in [9.17, 15) is 13.2 Å². The van der Waals surface area contributed by atoms with Gasteiger partial charge in [0, 0.05) is 24.0 Å². The van der Waals surface area contributed by atoms with Crippen LogP contribution in [0.25, 0.3) is 0 Å². The Kier molecular flexibility index (Phi) is 3.74. The topological polar surface area (TPSA) is 36.9 Å². The van der Waals surface area contributed by atoms with E-state index in [0.29, 0.717) is 18.8 Å². The van der Waals surface area contributed by atoms with Crippen molar-refractivity contribution >= 4 is 12.6 Å².